The lowest BCUT2D eigenvalue weighted by atomic mass is 9.84. The van der Waals surface area contributed by atoms with Crippen molar-refractivity contribution >= 4 is 0 Å². The van der Waals surface area contributed by atoms with E-state index in [1.165, 1.54) is 38.2 Å². The summed E-state index contributed by atoms with van der Waals surface area (Å²) >= 11 is 0. The van der Waals surface area contributed by atoms with E-state index >= 15 is 0 Å². The molecule has 1 aliphatic rings. The Morgan fingerprint density at radius 1 is 1.38 bits per heavy atom. The molecule has 0 radical (unpaired) electrons. The molecule has 0 heterocycles. The molecule has 1 aliphatic carbocycles. The van der Waals surface area contributed by atoms with Crippen LogP contribution in [0.15, 0.2) is 12.7 Å². The van der Waals surface area contributed by atoms with Crippen LogP contribution in [0.25, 0.3) is 0 Å². The Morgan fingerprint density at radius 3 is 2.54 bits per heavy atom. The maximum atomic E-state index is 9.41. The molecule has 1 saturated carbocycles. The molecule has 1 fully saturated rings. The van der Waals surface area contributed by atoms with Gasteiger partial charge in [0.2, 0.25) is 0 Å². The molecule has 2 heteroatoms. The molecule has 0 aromatic heterocycles. The van der Waals surface area contributed by atoms with Gasteiger partial charge in [0.25, 0.3) is 0 Å². The third kappa shape index (κ3) is 3.49. The summed E-state index contributed by atoms with van der Waals surface area (Å²) in [6.07, 6.45) is 8.58. The molecule has 0 aromatic carbocycles. The molecular formula is C11H21NO. The predicted molar refractivity (Wildman–Crippen MR) is 55.4 cm³/mol. The Kier molecular flexibility index (Phi) is 4.46. The first-order chi connectivity index (χ1) is 6.24. The van der Waals surface area contributed by atoms with Gasteiger partial charge in [-0.25, -0.2) is 0 Å². The normalized spacial score (nSPS) is 23.8. The van der Waals surface area contributed by atoms with Gasteiger partial charge < -0.3 is 10.8 Å². The fourth-order valence-electron chi connectivity index (χ4n) is 2.12. The Labute approximate surface area is 80.8 Å². The highest BCUT2D eigenvalue weighted by atomic mass is 16.3. The second kappa shape index (κ2) is 5.40. The molecule has 2 atom stereocenters. The Hall–Kier alpha value is -0.340. The highest BCUT2D eigenvalue weighted by molar-refractivity contribution is 4.88. The monoisotopic (exact) mass is 183 g/mol. The van der Waals surface area contributed by atoms with Crippen molar-refractivity contribution in [2.75, 3.05) is 0 Å². The van der Waals surface area contributed by atoms with Crippen molar-refractivity contribution in [2.45, 2.75) is 50.7 Å². The largest absolute Gasteiger partial charge is 0.387 e. The summed E-state index contributed by atoms with van der Waals surface area (Å²) in [4.78, 5) is 0. The highest BCUT2D eigenvalue weighted by Gasteiger charge is 2.19. The van der Waals surface area contributed by atoms with Crippen LogP contribution in [0.1, 0.15) is 38.5 Å². The van der Waals surface area contributed by atoms with Gasteiger partial charge in [0.15, 0.2) is 0 Å². The fourth-order valence-corrected chi connectivity index (χ4v) is 2.12. The van der Waals surface area contributed by atoms with Gasteiger partial charge in [0, 0.05) is 6.04 Å². The zero-order chi connectivity index (χ0) is 9.68. The summed E-state index contributed by atoms with van der Waals surface area (Å²) < 4.78 is 0. The van der Waals surface area contributed by atoms with E-state index in [4.69, 9.17) is 5.73 Å². The lowest BCUT2D eigenvalue weighted by Crippen LogP contribution is -2.35. The molecule has 0 aromatic rings. The van der Waals surface area contributed by atoms with Crippen LogP contribution in [0.3, 0.4) is 0 Å². The second-order valence-electron chi connectivity index (χ2n) is 4.13. The van der Waals surface area contributed by atoms with E-state index in [9.17, 15) is 5.11 Å². The number of hydrogen-bond donors (Lipinski definition) is 2. The molecule has 1 rings (SSSR count). The van der Waals surface area contributed by atoms with Crippen molar-refractivity contribution in [1.29, 1.82) is 0 Å². The van der Waals surface area contributed by atoms with Gasteiger partial charge >= 0.3 is 0 Å². The van der Waals surface area contributed by atoms with Crippen molar-refractivity contribution in [3.63, 3.8) is 0 Å². The van der Waals surface area contributed by atoms with Crippen molar-refractivity contribution in [3.05, 3.63) is 12.7 Å². The van der Waals surface area contributed by atoms with Crippen molar-refractivity contribution < 1.29 is 5.11 Å². The first-order valence-corrected chi connectivity index (χ1v) is 5.30. The Bertz CT molecular complexity index is 152. The lowest BCUT2D eigenvalue weighted by molar-refractivity contribution is 0.167. The molecule has 0 spiro atoms. The van der Waals surface area contributed by atoms with Crippen molar-refractivity contribution in [2.24, 2.45) is 11.7 Å². The van der Waals surface area contributed by atoms with Crippen LogP contribution in [0.5, 0.6) is 0 Å². The molecule has 76 valence electrons. The second-order valence-corrected chi connectivity index (χ2v) is 4.13. The molecule has 0 bridgehead atoms. The van der Waals surface area contributed by atoms with Crippen LogP contribution in [-0.2, 0) is 0 Å². The molecule has 2 nitrogen and oxygen atoms in total. The third-order valence-corrected chi connectivity index (χ3v) is 3.01. The van der Waals surface area contributed by atoms with E-state index in [0.29, 0.717) is 0 Å². The average molecular weight is 183 g/mol. The van der Waals surface area contributed by atoms with Crippen molar-refractivity contribution in [1.82, 2.24) is 0 Å². The minimum absolute atomic E-state index is 0.111. The molecule has 0 saturated heterocycles. The van der Waals surface area contributed by atoms with Crippen LogP contribution in [0.2, 0.25) is 0 Å². The summed E-state index contributed by atoms with van der Waals surface area (Å²) in [6, 6.07) is -0.111. The molecule has 0 amide bonds. The van der Waals surface area contributed by atoms with E-state index in [1.54, 1.807) is 0 Å². The van der Waals surface area contributed by atoms with E-state index < -0.39 is 6.10 Å². The Morgan fingerprint density at radius 2 is 2.00 bits per heavy atom. The Balaban J connectivity index is 2.25. The van der Waals surface area contributed by atoms with Crippen LogP contribution in [0, 0.1) is 5.92 Å². The number of rotatable bonds is 4. The number of nitrogens with two attached hydrogens (primary N) is 1. The van der Waals surface area contributed by atoms with Gasteiger partial charge in [-0.2, -0.15) is 0 Å². The van der Waals surface area contributed by atoms with E-state index in [0.717, 1.165) is 12.3 Å². The summed E-state index contributed by atoms with van der Waals surface area (Å²) in [6.45, 7) is 3.54. The SMILES string of the molecule is C=C[C@@H](O)[C@@H](N)CC1CCCCC1. The highest BCUT2D eigenvalue weighted by Crippen LogP contribution is 2.27. The molecule has 3 N–H and O–H groups in total. The maximum absolute atomic E-state index is 9.41. The summed E-state index contributed by atoms with van der Waals surface area (Å²) in [5.41, 5.74) is 5.84. The first kappa shape index (κ1) is 10.7. The number of aliphatic hydroxyl groups is 1. The van der Waals surface area contributed by atoms with Crippen molar-refractivity contribution in [3.8, 4) is 0 Å². The smallest absolute Gasteiger partial charge is 0.0869 e. The molecule has 0 unspecified atom stereocenters. The van der Waals surface area contributed by atoms with Crippen LogP contribution in [-0.4, -0.2) is 17.3 Å². The van der Waals surface area contributed by atoms with Crippen LogP contribution in [0.4, 0.5) is 0 Å². The van der Waals surface area contributed by atoms with E-state index in [-0.39, 0.29) is 6.04 Å². The predicted octanol–water partition coefficient (Wildman–Crippen LogP) is 1.83. The summed E-state index contributed by atoms with van der Waals surface area (Å²) in [5, 5.41) is 9.41. The van der Waals surface area contributed by atoms with Crippen LogP contribution >= 0.6 is 0 Å². The van der Waals surface area contributed by atoms with Gasteiger partial charge in [0.1, 0.15) is 0 Å². The van der Waals surface area contributed by atoms with Gasteiger partial charge in [0.05, 0.1) is 6.10 Å². The van der Waals surface area contributed by atoms with E-state index in [1.807, 2.05) is 0 Å². The van der Waals surface area contributed by atoms with Gasteiger partial charge in [-0.1, -0.05) is 38.2 Å². The topological polar surface area (TPSA) is 46.2 Å². The molecular weight excluding hydrogens is 162 g/mol. The average Bonchev–Trinajstić information content (AvgIpc) is 2.18. The zero-order valence-corrected chi connectivity index (χ0v) is 8.28. The zero-order valence-electron chi connectivity index (χ0n) is 8.28. The fraction of sp³-hybridized carbons (Fsp3) is 0.818. The van der Waals surface area contributed by atoms with Gasteiger partial charge in [-0.15, -0.1) is 6.58 Å². The minimum Gasteiger partial charge on any atom is -0.387 e. The quantitative estimate of drug-likeness (QED) is 0.653. The first-order valence-electron chi connectivity index (χ1n) is 5.30. The minimum atomic E-state index is -0.526. The number of hydrogen-bond acceptors (Lipinski definition) is 2. The third-order valence-electron chi connectivity index (χ3n) is 3.01. The van der Waals surface area contributed by atoms with Gasteiger partial charge in [-0.05, 0) is 12.3 Å². The maximum Gasteiger partial charge on any atom is 0.0869 e. The summed E-state index contributed by atoms with van der Waals surface area (Å²) in [7, 11) is 0. The standard InChI is InChI=1S/C11H21NO/c1-2-11(13)10(12)8-9-6-4-3-5-7-9/h2,9-11,13H,1,3-8,12H2/t10-,11+/m0/s1. The lowest BCUT2D eigenvalue weighted by Gasteiger charge is -2.25. The molecule has 13 heavy (non-hydrogen) atoms. The molecule has 0 aliphatic heterocycles. The summed E-state index contributed by atoms with van der Waals surface area (Å²) in [5.74, 6) is 0.735. The van der Waals surface area contributed by atoms with E-state index in [2.05, 4.69) is 6.58 Å². The van der Waals surface area contributed by atoms with Gasteiger partial charge in [-0.3, -0.25) is 0 Å². The number of aliphatic hydroxyl groups excluding tert-OH is 1. The van der Waals surface area contributed by atoms with Crippen LogP contribution < -0.4 is 5.73 Å².